The zero-order valence-corrected chi connectivity index (χ0v) is 9.68. The van der Waals surface area contributed by atoms with Gasteiger partial charge in [0.05, 0.1) is 17.7 Å². The summed E-state index contributed by atoms with van der Waals surface area (Å²) in [5, 5.41) is 18.8. The van der Waals surface area contributed by atoms with Crippen LogP contribution in [0.5, 0.6) is 0 Å². The quantitative estimate of drug-likeness (QED) is 0.897. The van der Waals surface area contributed by atoms with E-state index in [2.05, 4.69) is 0 Å². The lowest BCUT2D eigenvalue weighted by molar-refractivity contribution is 0.178. The van der Waals surface area contributed by atoms with Gasteiger partial charge in [0, 0.05) is 6.42 Å². The second-order valence-electron chi connectivity index (χ2n) is 4.09. The molecule has 3 heteroatoms. The Labute approximate surface area is 105 Å². The van der Waals surface area contributed by atoms with E-state index in [0.717, 1.165) is 5.56 Å². The van der Waals surface area contributed by atoms with E-state index in [4.69, 9.17) is 5.26 Å². The molecule has 2 rings (SSSR count). The molecule has 2 aromatic carbocycles. The van der Waals surface area contributed by atoms with Gasteiger partial charge in [-0.3, -0.25) is 0 Å². The van der Waals surface area contributed by atoms with E-state index >= 15 is 0 Å². The minimum atomic E-state index is -0.736. The van der Waals surface area contributed by atoms with Crippen molar-refractivity contribution in [2.75, 3.05) is 0 Å². The van der Waals surface area contributed by atoms with Gasteiger partial charge in [-0.15, -0.1) is 0 Å². The fraction of sp³-hybridized carbons (Fsp3) is 0.133. The third kappa shape index (κ3) is 2.93. The number of hydrogen-bond acceptors (Lipinski definition) is 2. The van der Waals surface area contributed by atoms with Crippen LogP contribution in [0.3, 0.4) is 0 Å². The standard InChI is InChI=1S/C15H12FNO/c16-14-6-2-3-11(8-14)9-15(18)13-5-1-4-12(7-13)10-17/h1-8,15,18H,9H2. The minimum Gasteiger partial charge on any atom is -0.388 e. The van der Waals surface area contributed by atoms with Crippen LogP contribution in [0.15, 0.2) is 48.5 Å². The molecular formula is C15H12FNO. The predicted octanol–water partition coefficient (Wildman–Crippen LogP) is 2.97. The van der Waals surface area contributed by atoms with Crippen molar-refractivity contribution in [1.82, 2.24) is 0 Å². The van der Waals surface area contributed by atoms with E-state index < -0.39 is 6.10 Å². The molecule has 1 atom stereocenters. The van der Waals surface area contributed by atoms with Crippen molar-refractivity contribution in [1.29, 1.82) is 5.26 Å². The molecule has 0 bridgehead atoms. The Bertz CT molecular complexity index is 589. The van der Waals surface area contributed by atoms with Crippen molar-refractivity contribution in [2.45, 2.75) is 12.5 Å². The zero-order chi connectivity index (χ0) is 13.0. The van der Waals surface area contributed by atoms with E-state index in [0.29, 0.717) is 17.5 Å². The number of hydrogen-bond donors (Lipinski definition) is 1. The zero-order valence-electron chi connectivity index (χ0n) is 9.68. The average molecular weight is 241 g/mol. The molecule has 1 N–H and O–H groups in total. The Morgan fingerprint density at radius 1 is 1.17 bits per heavy atom. The van der Waals surface area contributed by atoms with E-state index in [9.17, 15) is 9.50 Å². The molecule has 0 aliphatic rings. The molecule has 0 heterocycles. The monoisotopic (exact) mass is 241 g/mol. The van der Waals surface area contributed by atoms with Crippen molar-refractivity contribution in [2.24, 2.45) is 0 Å². The van der Waals surface area contributed by atoms with Crippen LogP contribution in [0.4, 0.5) is 4.39 Å². The molecule has 1 unspecified atom stereocenters. The number of halogens is 1. The Morgan fingerprint density at radius 3 is 2.67 bits per heavy atom. The Balaban J connectivity index is 2.17. The predicted molar refractivity (Wildman–Crippen MR) is 66.2 cm³/mol. The topological polar surface area (TPSA) is 44.0 Å². The number of rotatable bonds is 3. The van der Waals surface area contributed by atoms with Crippen LogP contribution in [-0.4, -0.2) is 5.11 Å². The number of benzene rings is 2. The summed E-state index contributed by atoms with van der Waals surface area (Å²) in [4.78, 5) is 0. The second kappa shape index (κ2) is 5.44. The molecule has 0 aliphatic carbocycles. The summed E-state index contributed by atoms with van der Waals surface area (Å²) in [5.41, 5.74) is 1.90. The Kier molecular flexibility index (Phi) is 3.71. The number of nitriles is 1. The van der Waals surface area contributed by atoms with E-state index in [1.54, 1.807) is 36.4 Å². The summed E-state index contributed by atoms with van der Waals surface area (Å²) in [6.45, 7) is 0. The first-order chi connectivity index (χ1) is 8.69. The molecule has 2 aromatic rings. The highest BCUT2D eigenvalue weighted by molar-refractivity contribution is 5.34. The maximum absolute atomic E-state index is 13.0. The average Bonchev–Trinajstić information content (AvgIpc) is 2.39. The highest BCUT2D eigenvalue weighted by atomic mass is 19.1. The summed E-state index contributed by atoms with van der Waals surface area (Å²) < 4.78 is 13.0. The molecular weight excluding hydrogens is 229 g/mol. The van der Waals surface area contributed by atoms with Gasteiger partial charge < -0.3 is 5.11 Å². The fourth-order valence-corrected chi connectivity index (χ4v) is 1.82. The summed E-state index contributed by atoms with van der Waals surface area (Å²) in [7, 11) is 0. The molecule has 0 amide bonds. The molecule has 0 radical (unpaired) electrons. The summed E-state index contributed by atoms with van der Waals surface area (Å²) in [6.07, 6.45) is -0.410. The fourth-order valence-electron chi connectivity index (χ4n) is 1.82. The van der Waals surface area contributed by atoms with Gasteiger partial charge in [0.1, 0.15) is 5.82 Å². The first-order valence-corrected chi connectivity index (χ1v) is 5.61. The van der Waals surface area contributed by atoms with Crippen molar-refractivity contribution in [3.05, 3.63) is 71.0 Å². The van der Waals surface area contributed by atoms with Gasteiger partial charge in [-0.1, -0.05) is 24.3 Å². The van der Waals surface area contributed by atoms with E-state index in [1.165, 1.54) is 12.1 Å². The highest BCUT2D eigenvalue weighted by Gasteiger charge is 2.09. The van der Waals surface area contributed by atoms with Gasteiger partial charge in [-0.2, -0.15) is 5.26 Å². The molecule has 2 nitrogen and oxygen atoms in total. The van der Waals surface area contributed by atoms with Gasteiger partial charge in [-0.05, 0) is 35.4 Å². The molecule has 0 saturated carbocycles. The van der Waals surface area contributed by atoms with Crippen LogP contribution in [-0.2, 0) is 6.42 Å². The number of nitrogens with zero attached hydrogens (tertiary/aromatic N) is 1. The molecule has 18 heavy (non-hydrogen) atoms. The van der Waals surface area contributed by atoms with Crippen LogP contribution in [0.2, 0.25) is 0 Å². The van der Waals surface area contributed by atoms with Crippen molar-refractivity contribution >= 4 is 0 Å². The van der Waals surface area contributed by atoms with Gasteiger partial charge in [0.2, 0.25) is 0 Å². The first kappa shape index (κ1) is 12.3. The molecule has 0 fully saturated rings. The molecule has 0 aromatic heterocycles. The highest BCUT2D eigenvalue weighted by Crippen LogP contribution is 2.19. The maximum Gasteiger partial charge on any atom is 0.123 e. The number of aliphatic hydroxyl groups is 1. The van der Waals surface area contributed by atoms with Gasteiger partial charge in [0.15, 0.2) is 0 Å². The van der Waals surface area contributed by atoms with Crippen LogP contribution in [0.25, 0.3) is 0 Å². The molecule has 90 valence electrons. The molecule has 0 aliphatic heterocycles. The third-order valence-corrected chi connectivity index (χ3v) is 2.72. The lowest BCUT2D eigenvalue weighted by Crippen LogP contribution is -2.02. The largest absolute Gasteiger partial charge is 0.388 e. The van der Waals surface area contributed by atoms with E-state index in [1.807, 2.05) is 6.07 Å². The van der Waals surface area contributed by atoms with Crippen molar-refractivity contribution in [3.63, 3.8) is 0 Å². The summed E-state index contributed by atoms with van der Waals surface area (Å²) in [6, 6.07) is 15.0. The maximum atomic E-state index is 13.0. The molecule has 0 spiro atoms. The van der Waals surface area contributed by atoms with Crippen LogP contribution < -0.4 is 0 Å². The van der Waals surface area contributed by atoms with Gasteiger partial charge in [-0.25, -0.2) is 4.39 Å². The molecule has 0 saturated heterocycles. The Morgan fingerprint density at radius 2 is 1.94 bits per heavy atom. The normalized spacial score (nSPS) is 11.8. The lowest BCUT2D eigenvalue weighted by Gasteiger charge is -2.11. The second-order valence-corrected chi connectivity index (χ2v) is 4.09. The Hall–Kier alpha value is -2.18. The first-order valence-electron chi connectivity index (χ1n) is 5.61. The van der Waals surface area contributed by atoms with Gasteiger partial charge >= 0.3 is 0 Å². The van der Waals surface area contributed by atoms with Crippen LogP contribution >= 0.6 is 0 Å². The van der Waals surface area contributed by atoms with Crippen molar-refractivity contribution < 1.29 is 9.50 Å². The third-order valence-electron chi connectivity index (χ3n) is 2.72. The SMILES string of the molecule is N#Cc1cccc(C(O)Cc2cccc(F)c2)c1. The smallest absolute Gasteiger partial charge is 0.123 e. The van der Waals surface area contributed by atoms with Crippen molar-refractivity contribution in [3.8, 4) is 6.07 Å². The van der Waals surface area contributed by atoms with Crippen LogP contribution in [0, 0.1) is 17.1 Å². The van der Waals surface area contributed by atoms with Crippen LogP contribution in [0.1, 0.15) is 22.8 Å². The van der Waals surface area contributed by atoms with E-state index in [-0.39, 0.29) is 5.82 Å². The minimum absolute atomic E-state index is 0.314. The summed E-state index contributed by atoms with van der Waals surface area (Å²) in [5.74, 6) is -0.314. The lowest BCUT2D eigenvalue weighted by atomic mass is 10.00. The van der Waals surface area contributed by atoms with Gasteiger partial charge in [0.25, 0.3) is 0 Å². The number of aliphatic hydroxyl groups excluding tert-OH is 1. The summed E-state index contributed by atoms with van der Waals surface area (Å²) >= 11 is 0.